The maximum absolute atomic E-state index is 13.4. The smallest absolute Gasteiger partial charge is 0.337 e. The van der Waals surface area contributed by atoms with Crippen molar-refractivity contribution in [3.63, 3.8) is 0 Å². The van der Waals surface area contributed by atoms with Crippen LogP contribution in [0.2, 0.25) is 0 Å². The van der Waals surface area contributed by atoms with Crippen LogP contribution in [0.3, 0.4) is 0 Å². The third kappa shape index (κ3) is 7.34. The number of amides is 1. The van der Waals surface area contributed by atoms with Crippen molar-refractivity contribution in [2.45, 2.75) is 38.6 Å². The first-order valence-electron chi connectivity index (χ1n) is 15.2. The Hall–Kier alpha value is -5.24. The van der Waals surface area contributed by atoms with E-state index in [0.29, 0.717) is 61.2 Å². The van der Waals surface area contributed by atoms with E-state index >= 15 is 0 Å². The Morgan fingerprint density at radius 3 is 2.67 bits per heavy atom. The van der Waals surface area contributed by atoms with Crippen molar-refractivity contribution in [1.29, 1.82) is 5.26 Å². The highest BCUT2D eigenvalue weighted by Gasteiger charge is 2.20. The summed E-state index contributed by atoms with van der Waals surface area (Å²) in [6, 6.07) is 24.3. The van der Waals surface area contributed by atoms with Crippen LogP contribution in [0.25, 0.3) is 11.3 Å². The number of nitrogens with zero attached hydrogens (tertiary/aromatic N) is 2. The number of anilines is 2. The monoisotopic (exact) mass is 618 g/mol. The molecule has 4 bridgehead atoms. The summed E-state index contributed by atoms with van der Waals surface area (Å²) in [6.07, 6.45) is 1.74. The second-order valence-electron chi connectivity index (χ2n) is 11.2. The molecule has 0 unspecified atom stereocenters. The van der Waals surface area contributed by atoms with E-state index in [9.17, 15) is 14.9 Å². The minimum absolute atomic E-state index is 0.0871. The summed E-state index contributed by atoms with van der Waals surface area (Å²) in [6.45, 7) is 2.33. The summed E-state index contributed by atoms with van der Waals surface area (Å²) in [4.78, 5) is 30.3. The Labute approximate surface area is 267 Å². The number of aromatic nitrogens is 1. The second kappa shape index (κ2) is 14.2. The van der Waals surface area contributed by atoms with Crippen LogP contribution in [0.5, 0.6) is 5.88 Å². The van der Waals surface area contributed by atoms with Crippen molar-refractivity contribution in [2.24, 2.45) is 0 Å². The van der Waals surface area contributed by atoms with Crippen molar-refractivity contribution in [2.75, 3.05) is 37.5 Å². The fourth-order valence-corrected chi connectivity index (χ4v) is 5.41. The van der Waals surface area contributed by atoms with Gasteiger partial charge < -0.3 is 29.6 Å². The zero-order valence-corrected chi connectivity index (χ0v) is 25.5. The number of carbonyl (C=O) groups is 2. The number of nitriles is 1. The number of rotatable bonds is 7. The van der Waals surface area contributed by atoms with Gasteiger partial charge in [-0.25, -0.2) is 9.78 Å². The highest BCUT2D eigenvalue weighted by molar-refractivity contribution is 5.98. The van der Waals surface area contributed by atoms with Crippen LogP contribution < -0.4 is 15.4 Å². The number of carbonyl (C=O) groups excluding carboxylic acids is 2. The van der Waals surface area contributed by atoms with Gasteiger partial charge >= 0.3 is 5.97 Å². The molecule has 0 spiro atoms. The molecule has 10 nitrogen and oxygen atoms in total. The number of hydrogen-bond donors (Lipinski definition) is 2. The van der Waals surface area contributed by atoms with Crippen molar-refractivity contribution >= 4 is 23.3 Å². The molecule has 2 aliphatic rings. The van der Waals surface area contributed by atoms with Crippen molar-refractivity contribution < 1.29 is 28.5 Å². The van der Waals surface area contributed by atoms with E-state index in [-0.39, 0.29) is 18.4 Å². The number of pyridine rings is 1. The molecule has 1 atom stereocenters. The van der Waals surface area contributed by atoms with Gasteiger partial charge in [-0.3, -0.25) is 4.79 Å². The Bertz CT molecular complexity index is 1800. The quantitative estimate of drug-likeness (QED) is 0.260. The molecule has 0 saturated carbocycles. The van der Waals surface area contributed by atoms with Gasteiger partial charge in [-0.05, 0) is 77.6 Å². The molecule has 0 radical (unpaired) electrons. The van der Waals surface area contributed by atoms with Crippen LogP contribution in [0.1, 0.15) is 44.6 Å². The Kier molecular flexibility index (Phi) is 9.53. The number of ether oxygens (including phenoxy) is 4. The fraction of sp³-hybridized carbons (Fsp3) is 0.278. The second-order valence-corrected chi connectivity index (χ2v) is 11.2. The Morgan fingerprint density at radius 2 is 1.87 bits per heavy atom. The van der Waals surface area contributed by atoms with Gasteiger partial charge in [-0.2, -0.15) is 5.26 Å². The molecule has 2 N–H and O–H groups in total. The van der Waals surface area contributed by atoms with Gasteiger partial charge in [0.15, 0.2) is 0 Å². The average molecular weight is 619 g/mol. The van der Waals surface area contributed by atoms with Crippen LogP contribution in [-0.4, -0.2) is 49.8 Å². The molecule has 3 aromatic carbocycles. The summed E-state index contributed by atoms with van der Waals surface area (Å²) in [5, 5.41) is 15.7. The maximum atomic E-state index is 13.4. The highest BCUT2D eigenvalue weighted by Crippen LogP contribution is 2.28. The summed E-state index contributed by atoms with van der Waals surface area (Å²) >= 11 is 0. The van der Waals surface area contributed by atoms with E-state index in [1.54, 1.807) is 24.3 Å². The average Bonchev–Trinajstić information content (AvgIpc) is 3.05. The molecule has 234 valence electrons. The Balaban J connectivity index is 1.23. The van der Waals surface area contributed by atoms with Crippen molar-refractivity contribution in [3.8, 4) is 23.2 Å². The standard InChI is InChI=1S/C36H34N4O6/c1-43-36(42)27-9-10-32(33(17-27)38-20-30-12-14-45-30)39-34(41)18-24-7-8-26-16-29(24)21-44-13-11-25-15-23(19-37)5-6-28(25)22-46-35-4-2-3-31(26)40-35/h2-10,15-17,30,38H,11-14,18,20-22H2,1H3,(H,39,41)/t30-/m0/s1. The number of esters is 1. The van der Waals surface area contributed by atoms with Crippen molar-refractivity contribution in [1.82, 2.24) is 4.98 Å². The zero-order valence-electron chi connectivity index (χ0n) is 25.5. The summed E-state index contributed by atoms with van der Waals surface area (Å²) in [5.74, 6) is -0.182. The first kappa shape index (κ1) is 30.8. The number of methoxy groups -OCH3 is 1. The molecular formula is C36H34N4O6. The topological polar surface area (TPSA) is 132 Å². The van der Waals surface area contributed by atoms with Gasteiger partial charge in [0.2, 0.25) is 11.8 Å². The van der Waals surface area contributed by atoms with Crippen LogP contribution >= 0.6 is 0 Å². The molecule has 1 aromatic heterocycles. The molecular weight excluding hydrogens is 584 g/mol. The first-order valence-corrected chi connectivity index (χ1v) is 15.2. The molecule has 1 saturated heterocycles. The molecule has 10 heteroatoms. The number of hydrogen-bond acceptors (Lipinski definition) is 9. The molecule has 4 aromatic rings. The lowest BCUT2D eigenvalue weighted by Gasteiger charge is -2.27. The van der Waals surface area contributed by atoms with Gasteiger partial charge in [0.25, 0.3) is 0 Å². The summed E-state index contributed by atoms with van der Waals surface area (Å²) < 4.78 is 22.6. The largest absolute Gasteiger partial charge is 0.473 e. The molecule has 6 rings (SSSR count). The number of nitrogens with one attached hydrogen (secondary N) is 2. The van der Waals surface area contributed by atoms with E-state index in [1.807, 2.05) is 48.5 Å². The third-order valence-corrected chi connectivity index (χ3v) is 8.09. The molecule has 46 heavy (non-hydrogen) atoms. The van der Waals surface area contributed by atoms with E-state index in [4.69, 9.17) is 23.9 Å². The first-order chi connectivity index (χ1) is 22.5. The van der Waals surface area contributed by atoms with E-state index in [1.165, 1.54) is 7.11 Å². The fourth-order valence-electron chi connectivity index (χ4n) is 5.41. The molecule has 3 heterocycles. The highest BCUT2D eigenvalue weighted by atomic mass is 16.5. The van der Waals surface area contributed by atoms with E-state index in [2.05, 4.69) is 16.7 Å². The molecule has 0 aliphatic carbocycles. The van der Waals surface area contributed by atoms with Crippen LogP contribution in [0, 0.1) is 11.3 Å². The lowest BCUT2D eigenvalue weighted by atomic mass is 9.99. The predicted molar refractivity (Wildman–Crippen MR) is 171 cm³/mol. The minimum Gasteiger partial charge on any atom is -0.473 e. The van der Waals surface area contributed by atoms with Crippen LogP contribution in [0.4, 0.5) is 11.4 Å². The Morgan fingerprint density at radius 1 is 0.978 bits per heavy atom. The summed E-state index contributed by atoms with van der Waals surface area (Å²) in [5.41, 5.74) is 7.37. The molecule has 1 amide bonds. The molecule has 1 fully saturated rings. The van der Waals surface area contributed by atoms with E-state index in [0.717, 1.165) is 46.5 Å². The van der Waals surface area contributed by atoms with E-state index < -0.39 is 5.97 Å². The zero-order chi connectivity index (χ0) is 31.9. The third-order valence-electron chi connectivity index (χ3n) is 8.09. The number of benzene rings is 3. The molecule has 2 aliphatic heterocycles. The van der Waals surface area contributed by atoms with Gasteiger partial charge in [0.05, 0.1) is 67.1 Å². The van der Waals surface area contributed by atoms with Gasteiger partial charge in [0, 0.05) is 24.8 Å². The maximum Gasteiger partial charge on any atom is 0.337 e. The number of fused-ring (bicyclic) bond motifs is 6. The predicted octanol–water partition coefficient (Wildman–Crippen LogP) is 5.44. The van der Waals surface area contributed by atoms with Gasteiger partial charge in [-0.1, -0.05) is 24.3 Å². The lowest BCUT2D eigenvalue weighted by molar-refractivity contribution is -0.115. The van der Waals surface area contributed by atoms with Crippen molar-refractivity contribution in [3.05, 3.63) is 106 Å². The van der Waals surface area contributed by atoms with Gasteiger partial charge in [0.1, 0.15) is 6.61 Å². The van der Waals surface area contributed by atoms with Crippen LogP contribution in [0.15, 0.2) is 72.8 Å². The normalized spacial score (nSPS) is 15.5. The minimum atomic E-state index is -0.461. The summed E-state index contributed by atoms with van der Waals surface area (Å²) in [7, 11) is 1.33. The van der Waals surface area contributed by atoms with Gasteiger partial charge in [-0.15, -0.1) is 0 Å². The SMILES string of the molecule is COC(=O)c1ccc(NC(=O)Cc2ccc3cc2COCCc2cc(C#N)ccc2COc2cccc-3n2)c(NC[C@@H]2CCO2)c1. The lowest BCUT2D eigenvalue weighted by Crippen LogP contribution is -2.33. The van der Waals surface area contributed by atoms with Crippen LogP contribution in [-0.2, 0) is 45.1 Å².